The molecule has 0 atom stereocenters. The summed E-state index contributed by atoms with van der Waals surface area (Å²) in [5.41, 5.74) is 27.9. The molecule has 0 aliphatic rings. The second-order valence-corrected chi connectivity index (χ2v) is 32.1. The van der Waals surface area contributed by atoms with E-state index in [9.17, 15) is 0 Å². The van der Waals surface area contributed by atoms with Crippen LogP contribution in [-0.2, 0) is 0 Å². The third-order valence-electron chi connectivity index (χ3n) is 25.3. The normalized spacial score (nSPS) is 11.9. The third-order valence-corrected chi connectivity index (χ3v) is 25.3. The van der Waals surface area contributed by atoms with Crippen LogP contribution in [0.25, 0.3) is 214 Å². The fraction of sp³-hybridized carbons (Fsp3) is 0. The van der Waals surface area contributed by atoms with Crippen molar-refractivity contribution in [1.29, 1.82) is 0 Å². The van der Waals surface area contributed by atoms with E-state index in [1.54, 1.807) is 0 Å². The van der Waals surface area contributed by atoms with Crippen molar-refractivity contribution in [2.24, 2.45) is 0 Å². The highest BCUT2D eigenvalue weighted by molar-refractivity contribution is 6.22. The zero-order valence-corrected chi connectivity index (χ0v) is 66.1. The number of rotatable bonds is 13. The molecule has 6 heteroatoms. The molecule has 0 bridgehead atoms. The van der Waals surface area contributed by atoms with Crippen LogP contribution in [0.2, 0.25) is 0 Å². The third kappa shape index (κ3) is 11.0. The monoisotopic (exact) mass is 1550 g/mol. The van der Waals surface area contributed by atoms with Gasteiger partial charge in [-0.1, -0.05) is 303 Å². The minimum atomic E-state index is 0.823. The predicted octanol–water partition coefficient (Wildman–Crippen LogP) is 33.2. The van der Waals surface area contributed by atoms with Gasteiger partial charge in [-0.15, -0.1) is 0 Å². The van der Waals surface area contributed by atoms with Crippen LogP contribution in [0.3, 0.4) is 0 Å². The SMILES string of the molecule is c1ccc(N(c2ccc(-c3ccc(-c4cccc5ccccc45)cc3)cc2)c2ccc(-n3c4ccccc4c4cc(-c5cccc6c(-c7ccc(N(c8ccccc8-c8cccc9c8oc8cc%10ccccc%10cc89)c8cccc9oc%10ccccc%10c89)cc7)cc7ccccc7c56)ccc43)cc2)c(-c2cccc3c2oc2cc4ccccc4cc23)c1. The molecule has 6 nitrogen and oxygen atoms in total. The van der Waals surface area contributed by atoms with E-state index in [1.807, 2.05) is 6.07 Å². The molecule has 4 heterocycles. The Morgan fingerprint density at radius 3 is 1.26 bits per heavy atom. The maximum absolute atomic E-state index is 6.98. The summed E-state index contributed by atoms with van der Waals surface area (Å²) in [7, 11) is 0. The number of benzene rings is 21. The maximum atomic E-state index is 6.98. The Balaban J connectivity index is 0.592. The molecule has 0 fully saturated rings. The smallest absolute Gasteiger partial charge is 0.143 e. The van der Waals surface area contributed by atoms with E-state index >= 15 is 0 Å². The van der Waals surface area contributed by atoms with Gasteiger partial charge in [0.2, 0.25) is 0 Å². The van der Waals surface area contributed by atoms with Gasteiger partial charge in [-0.3, -0.25) is 0 Å². The molecule has 0 spiro atoms. The number of fused-ring (bicyclic) bond motifs is 18. The highest BCUT2D eigenvalue weighted by atomic mass is 16.3. The van der Waals surface area contributed by atoms with Gasteiger partial charge in [-0.05, 0) is 226 Å². The summed E-state index contributed by atoms with van der Waals surface area (Å²) in [6, 6.07) is 157. The van der Waals surface area contributed by atoms with Crippen LogP contribution in [0, 0.1) is 0 Å². The summed E-state index contributed by atoms with van der Waals surface area (Å²) in [4.78, 5) is 4.82. The number of hydrogen-bond donors (Lipinski definition) is 0. The van der Waals surface area contributed by atoms with Gasteiger partial charge < -0.3 is 27.6 Å². The van der Waals surface area contributed by atoms with E-state index in [2.05, 4.69) is 439 Å². The molecule has 25 aromatic rings. The molecule has 0 saturated carbocycles. The number of furan rings is 3. The lowest BCUT2D eigenvalue weighted by Gasteiger charge is -2.28. The highest BCUT2D eigenvalue weighted by Crippen LogP contribution is 2.52. The van der Waals surface area contributed by atoms with Crippen molar-refractivity contribution < 1.29 is 13.3 Å². The van der Waals surface area contributed by atoms with Gasteiger partial charge in [-0.2, -0.15) is 0 Å². The van der Waals surface area contributed by atoms with E-state index in [0.29, 0.717) is 0 Å². The van der Waals surface area contributed by atoms with Crippen LogP contribution < -0.4 is 9.80 Å². The summed E-state index contributed by atoms with van der Waals surface area (Å²) in [6.07, 6.45) is 0. The zero-order valence-electron chi connectivity index (χ0n) is 66.1. The lowest BCUT2D eigenvalue weighted by molar-refractivity contribution is 0.669. The van der Waals surface area contributed by atoms with Crippen LogP contribution >= 0.6 is 0 Å². The molecule has 0 aliphatic heterocycles. The van der Waals surface area contributed by atoms with Gasteiger partial charge >= 0.3 is 0 Å². The molecule has 568 valence electrons. The second-order valence-electron chi connectivity index (χ2n) is 32.1. The van der Waals surface area contributed by atoms with Crippen LogP contribution in [-0.4, -0.2) is 4.57 Å². The van der Waals surface area contributed by atoms with Crippen LogP contribution in [0.5, 0.6) is 0 Å². The topological polar surface area (TPSA) is 50.8 Å². The maximum Gasteiger partial charge on any atom is 0.143 e. The van der Waals surface area contributed by atoms with Gasteiger partial charge in [-0.25, -0.2) is 0 Å². The summed E-state index contributed by atoms with van der Waals surface area (Å²) < 4.78 is 23.0. The van der Waals surface area contributed by atoms with Crippen LogP contribution in [0.15, 0.2) is 444 Å². The Labute approximate surface area is 701 Å². The molecular formula is C116H71N3O3. The van der Waals surface area contributed by atoms with Crippen molar-refractivity contribution in [1.82, 2.24) is 4.57 Å². The average molecular weight is 1550 g/mol. The number of aromatic nitrogens is 1. The van der Waals surface area contributed by atoms with Gasteiger partial charge in [0.25, 0.3) is 0 Å². The Hall–Kier alpha value is -16.3. The first-order valence-electron chi connectivity index (χ1n) is 41.7. The first-order chi connectivity index (χ1) is 60.5. The van der Waals surface area contributed by atoms with E-state index in [-0.39, 0.29) is 0 Å². The Kier molecular flexibility index (Phi) is 15.6. The van der Waals surface area contributed by atoms with Crippen molar-refractivity contribution >= 4 is 176 Å². The van der Waals surface area contributed by atoms with Crippen molar-refractivity contribution in [2.45, 2.75) is 0 Å². The Bertz CT molecular complexity index is 8570. The van der Waals surface area contributed by atoms with Crippen molar-refractivity contribution in [3.8, 4) is 72.4 Å². The summed E-state index contributed by atoms with van der Waals surface area (Å²) >= 11 is 0. The standard InChI is InChI=1S/C116H71N3O3/c1-3-25-79-70-111-102(66-77(79)23-1)97-40-19-38-95(115(97)121-111)91-31-9-13-42-104(91)117(83-57-52-73(53-58-83)72-48-50-75(51-49-72)88-35-17-28-74-22-5-7-29-87(74)88)84-61-63-86(64-62-84)118-106-44-15-11-33-93(106)101-69-82(56-65-107(101)118)90-36-18-37-94-100(68-81-27-6-8-30-89(81)113(90)94)76-54-59-85(60-55-76)119(108-45-21-47-110-114(108)99-34-12-16-46-109(99)120-110)105-43-14-10-32-92(105)96-39-20-41-98-103-67-78-24-2-4-26-80(78)71-112(103)122-116(96)98/h1-71H. The molecular weight excluding hydrogens is 1480 g/mol. The van der Waals surface area contributed by atoms with E-state index in [1.165, 1.54) is 70.6 Å². The summed E-state index contributed by atoms with van der Waals surface area (Å²) in [6.45, 7) is 0. The van der Waals surface area contributed by atoms with Crippen LogP contribution in [0.1, 0.15) is 0 Å². The minimum absolute atomic E-state index is 0.823. The van der Waals surface area contributed by atoms with Gasteiger partial charge in [0.1, 0.15) is 33.5 Å². The molecule has 25 rings (SSSR count). The Morgan fingerprint density at radius 2 is 0.598 bits per heavy atom. The molecule has 0 saturated heterocycles. The fourth-order valence-corrected chi connectivity index (χ4v) is 19.7. The summed E-state index contributed by atoms with van der Waals surface area (Å²) in [5.74, 6) is 0. The molecule has 122 heavy (non-hydrogen) atoms. The van der Waals surface area contributed by atoms with E-state index < -0.39 is 0 Å². The summed E-state index contributed by atoms with van der Waals surface area (Å²) in [5, 5.41) is 20.7. The molecule has 0 amide bonds. The zero-order chi connectivity index (χ0) is 80.0. The number of anilines is 6. The van der Waals surface area contributed by atoms with E-state index in [0.717, 1.165) is 178 Å². The van der Waals surface area contributed by atoms with Crippen molar-refractivity contribution in [3.05, 3.63) is 431 Å². The molecule has 0 radical (unpaired) electrons. The molecule has 21 aromatic carbocycles. The minimum Gasteiger partial charge on any atom is -0.456 e. The van der Waals surface area contributed by atoms with Gasteiger partial charge in [0, 0.05) is 82.7 Å². The van der Waals surface area contributed by atoms with Crippen molar-refractivity contribution in [2.75, 3.05) is 9.80 Å². The highest BCUT2D eigenvalue weighted by Gasteiger charge is 2.27. The molecule has 0 N–H and O–H groups in total. The fourth-order valence-electron chi connectivity index (χ4n) is 19.7. The van der Waals surface area contributed by atoms with Gasteiger partial charge in [0.05, 0.1) is 33.5 Å². The quantitative estimate of drug-likeness (QED) is 0.108. The molecule has 0 aliphatic carbocycles. The number of para-hydroxylation sites is 6. The average Bonchev–Trinajstić information content (AvgIpc) is 1.33. The molecule has 0 unspecified atom stereocenters. The largest absolute Gasteiger partial charge is 0.456 e. The number of nitrogens with zero attached hydrogens (tertiary/aromatic N) is 3. The van der Waals surface area contributed by atoms with Crippen molar-refractivity contribution in [3.63, 3.8) is 0 Å². The second kappa shape index (κ2) is 27.7. The predicted molar refractivity (Wildman–Crippen MR) is 512 cm³/mol. The number of hydrogen-bond acceptors (Lipinski definition) is 5. The van der Waals surface area contributed by atoms with Crippen LogP contribution in [0.4, 0.5) is 34.1 Å². The molecule has 4 aromatic heterocycles. The first-order valence-corrected chi connectivity index (χ1v) is 41.7. The lowest BCUT2D eigenvalue weighted by atomic mass is 9.88. The lowest BCUT2D eigenvalue weighted by Crippen LogP contribution is -2.11. The Morgan fingerprint density at radius 1 is 0.180 bits per heavy atom. The van der Waals surface area contributed by atoms with Gasteiger partial charge in [0.15, 0.2) is 0 Å². The van der Waals surface area contributed by atoms with E-state index in [4.69, 9.17) is 13.3 Å². The first kappa shape index (κ1) is 68.9.